The Morgan fingerprint density at radius 3 is 2.27 bits per heavy atom. The molecule has 0 amide bonds. The summed E-state index contributed by atoms with van der Waals surface area (Å²) < 4.78 is 21.9. The van der Waals surface area contributed by atoms with E-state index in [9.17, 15) is 13.2 Å². The van der Waals surface area contributed by atoms with E-state index in [4.69, 9.17) is 5.11 Å². The summed E-state index contributed by atoms with van der Waals surface area (Å²) in [5.41, 5.74) is 0.0324. The van der Waals surface area contributed by atoms with Crippen LogP contribution in [0.5, 0.6) is 0 Å². The number of hydrogen-bond acceptors (Lipinski definition) is 3. The van der Waals surface area contributed by atoms with Gasteiger partial charge in [0.1, 0.15) is 0 Å². The first-order valence-corrected chi connectivity index (χ1v) is 4.76. The third-order valence-corrected chi connectivity index (χ3v) is 3.69. The van der Waals surface area contributed by atoms with Crippen molar-refractivity contribution >= 4 is 15.8 Å². The van der Waals surface area contributed by atoms with Gasteiger partial charge < -0.3 is 5.11 Å². The molecule has 1 aliphatic heterocycles. The molecular weight excluding hydrogens is 168 g/mol. The fraction of sp³-hybridized carbons (Fsp3) is 0.500. The fourth-order valence-electron chi connectivity index (χ4n) is 1.01. The van der Waals surface area contributed by atoms with Crippen LogP contribution >= 0.6 is 0 Å². The standard InChI is InChI=1S/C6H8O4S/c1-4-5(6(7)8)2-3-11(4,9)10/h2-3H2,1H3,(H,7,8). The molecule has 0 aromatic heterocycles. The van der Waals surface area contributed by atoms with Crippen LogP contribution in [-0.2, 0) is 14.6 Å². The Balaban J connectivity index is 3.20. The molecule has 0 radical (unpaired) electrons. The lowest BCUT2D eigenvalue weighted by Gasteiger charge is -1.92. The molecule has 5 heteroatoms. The fourth-order valence-corrected chi connectivity index (χ4v) is 2.35. The Kier molecular flexibility index (Phi) is 1.75. The monoisotopic (exact) mass is 176 g/mol. The summed E-state index contributed by atoms with van der Waals surface area (Å²) in [7, 11) is -3.22. The second-order valence-corrected chi connectivity index (χ2v) is 4.66. The lowest BCUT2D eigenvalue weighted by atomic mass is 10.2. The number of carbonyl (C=O) groups is 1. The zero-order valence-corrected chi connectivity index (χ0v) is 6.81. The van der Waals surface area contributed by atoms with Crippen LogP contribution in [0.4, 0.5) is 0 Å². The van der Waals surface area contributed by atoms with Gasteiger partial charge in [0.05, 0.1) is 16.2 Å². The van der Waals surface area contributed by atoms with Crippen molar-refractivity contribution in [3.63, 3.8) is 0 Å². The first-order chi connectivity index (χ1) is 4.95. The van der Waals surface area contributed by atoms with Crippen molar-refractivity contribution in [2.75, 3.05) is 5.75 Å². The smallest absolute Gasteiger partial charge is 0.332 e. The van der Waals surface area contributed by atoms with Gasteiger partial charge in [-0.25, -0.2) is 13.2 Å². The van der Waals surface area contributed by atoms with Crippen LogP contribution in [0.25, 0.3) is 0 Å². The highest BCUT2D eigenvalue weighted by Gasteiger charge is 2.29. The molecule has 4 nitrogen and oxygen atoms in total. The molecule has 1 rings (SSSR count). The summed E-state index contributed by atoms with van der Waals surface area (Å²) in [6, 6.07) is 0. The van der Waals surface area contributed by atoms with Crippen LogP contribution in [0.2, 0.25) is 0 Å². The number of aliphatic carboxylic acids is 1. The Morgan fingerprint density at radius 1 is 1.55 bits per heavy atom. The highest BCUT2D eigenvalue weighted by molar-refractivity contribution is 7.95. The quantitative estimate of drug-likeness (QED) is 0.618. The van der Waals surface area contributed by atoms with E-state index in [2.05, 4.69) is 0 Å². The molecule has 0 saturated heterocycles. The van der Waals surface area contributed by atoms with Gasteiger partial charge >= 0.3 is 5.97 Å². The number of hydrogen-bond donors (Lipinski definition) is 1. The molecule has 0 saturated carbocycles. The van der Waals surface area contributed by atoms with Crippen LogP contribution in [0.15, 0.2) is 10.5 Å². The Morgan fingerprint density at radius 2 is 2.09 bits per heavy atom. The minimum absolute atomic E-state index is 0.0185. The van der Waals surface area contributed by atoms with Crippen molar-refractivity contribution in [3.05, 3.63) is 10.5 Å². The van der Waals surface area contributed by atoms with E-state index < -0.39 is 15.8 Å². The van der Waals surface area contributed by atoms with E-state index in [-0.39, 0.29) is 22.7 Å². The number of allylic oxidation sites excluding steroid dienone is 1. The summed E-state index contributed by atoms with van der Waals surface area (Å²) in [5.74, 6) is -1.18. The van der Waals surface area contributed by atoms with Crippen molar-refractivity contribution in [2.45, 2.75) is 13.3 Å². The average Bonchev–Trinajstić information content (AvgIpc) is 2.09. The molecule has 0 aromatic rings. The minimum atomic E-state index is -3.22. The lowest BCUT2D eigenvalue weighted by Crippen LogP contribution is -2.00. The molecule has 0 spiro atoms. The van der Waals surface area contributed by atoms with Crippen molar-refractivity contribution in [2.24, 2.45) is 0 Å². The molecule has 1 aliphatic rings. The largest absolute Gasteiger partial charge is 0.478 e. The van der Waals surface area contributed by atoms with Gasteiger partial charge in [-0.3, -0.25) is 0 Å². The van der Waals surface area contributed by atoms with Crippen molar-refractivity contribution in [1.82, 2.24) is 0 Å². The van der Waals surface area contributed by atoms with E-state index in [1.165, 1.54) is 6.92 Å². The Hall–Kier alpha value is -0.840. The maximum absolute atomic E-state index is 11.0. The molecule has 11 heavy (non-hydrogen) atoms. The summed E-state index contributed by atoms with van der Waals surface area (Å²) in [4.78, 5) is 10.4. The van der Waals surface area contributed by atoms with Crippen molar-refractivity contribution < 1.29 is 18.3 Å². The molecule has 0 atom stereocenters. The topological polar surface area (TPSA) is 71.4 Å². The lowest BCUT2D eigenvalue weighted by molar-refractivity contribution is -0.132. The number of sulfone groups is 1. The van der Waals surface area contributed by atoms with Gasteiger partial charge in [-0.05, 0) is 13.3 Å². The zero-order chi connectivity index (χ0) is 8.65. The van der Waals surface area contributed by atoms with E-state index >= 15 is 0 Å². The van der Waals surface area contributed by atoms with Gasteiger partial charge in [-0.1, -0.05) is 0 Å². The van der Waals surface area contributed by atoms with Crippen LogP contribution in [-0.4, -0.2) is 25.2 Å². The molecule has 0 aromatic carbocycles. The van der Waals surface area contributed by atoms with Crippen LogP contribution in [0.3, 0.4) is 0 Å². The first-order valence-electron chi connectivity index (χ1n) is 3.11. The predicted octanol–water partition coefficient (Wildman–Crippen LogP) is 0.164. The Bertz CT molecular complexity index is 322. The van der Waals surface area contributed by atoms with Gasteiger partial charge in [0.25, 0.3) is 0 Å². The average molecular weight is 176 g/mol. The van der Waals surface area contributed by atoms with Gasteiger partial charge in [-0.2, -0.15) is 0 Å². The number of carboxylic acid groups (broad SMARTS) is 1. The summed E-state index contributed by atoms with van der Waals surface area (Å²) in [6.45, 7) is 1.34. The molecule has 1 heterocycles. The van der Waals surface area contributed by atoms with E-state index in [0.29, 0.717) is 0 Å². The third-order valence-electron chi connectivity index (χ3n) is 1.77. The van der Waals surface area contributed by atoms with E-state index in [0.717, 1.165) is 0 Å². The van der Waals surface area contributed by atoms with E-state index in [1.54, 1.807) is 0 Å². The molecule has 1 N–H and O–H groups in total. The molecule has 0 aliphatic carbocycles. The Labute approximate surface area is 64.4 Å². The summed E-state index contributed by atoms with van der Waals surface area (Å²) in [6.07, 6.45) is 0.142. The van der Waals surface area contributed by atoms with Crippen LogP contribution in [0.1, 0.15) is 13.3 Å². The summed E-state index contributed by atoms with van der Waals surface area (Å²) in [5, 5.41) is 8.49. The van der Waals surface area contributed by atoms with Gasteiger partial charge in [0.2, 0.25) is 0 Å². The van der Waals surface area contributed by atoms with E-state index in [1.807, 2.05) is 0 Å². The third kappa shape index (κ3) is 1.28. The van der Waals surface area contributed by atoms with Crippen LogP contribution in [0, 0.1) is 0 Å². The van der Waals surface area contributed by atoms with Gasteiger partial charge in [0, 0.05) is 0 Å². The highest BCUT2D eigenvalue weighted by atomic mass is 32.2. The second-order valence-electron chi connectivity index (χ2n) is 2.41. The predicted molar refractivity (Wildman–Crippen MR) is 38.7 cm³/mol. The van der Waals surface area contributed by atoms with Crippen LogP contribution < -0.4 is 0 Å². The zero-order valence-electron chi connectivity index (χ0n) is 5.99. The maximum atomic E-state index is 11.0. The molecular formula is C6H8O4S. The normalized spacial score (nSPS) is 22.3. The van der Waals surface area contributed by atoms with Crippen molar-refractivity contribution in [3.8, 4) is 0 Å². The highest BCUT2D eigenvalue weighted by Crippen LogP contribution is 2.24. The minimum Gasteiger partial charge on any atom is -0.478 e. The molecule has 0 bridgehead atoms. The number of carboxylic acids is 1. The SMILES string of the molecule is CC1=C(C(=O)O)CCS1(=O)=O. The van der Waals surface area contributed by atoms with Gasteiger partial charge in [-0.15, -0.1) is 0 Å². The number of rotatable bonds is 1. The maximum Gasteiger partial charge on any atom is 0.332 e. The molecule has 62 valence electrons. The first kappa shape index (κ1) is 8.26. The molecule has 0 unspecified atom stereocenters. The van der Waals surface area contributed by atoms with Crippen molar-refractivity contribution in [1.29, 1.82) is 0 Å². The summed E-state index contributed by atoms with van der Waals surface area (Å²) >= 11 is 0. The van der Waals surface area contributed by atoms with Gasteiger partial charge in [0.15, 0.2) is 9.84 Å². The molecule has 0 fully saturated rings. The second kappa shape index (κ2) is 2.34.